The van der Waals surface area contributed by atoms with E-state index in [9.17, 15) is 14.4 Å². The summed E-state index contributed by atoms with van der Waals surface area (Å²) in [7, 11) is 0. The number of esters is 1. The summed E-state index contributed by atoms with van der Waals surface area (Å²) in [5.41, 5.74) is 1.04. The van der Waals surface area contributed by atoms with Crippen molar-refractivity contribution >= 4 is 11.9 Å². The Morgan fingerprint density at radius 3 is 2.50 bits per heavy atom. The zero-order chi connectivity index (χ0) is 15.3. The zero-order valence-electron chi connectivity index (χ0n) is 12.3. The highest BCUT2D eigenvalue weighted by Gasteiger charge is 2.18. The van der Waals surface area contributed by atoms with Crippen LogP contribution in [0.4, 0.5) is 0 Å². The number of ether oxygens (including phenoxy) is 1. The highest BCUT2D eigenvalue weighted by molar-refractivity contribution is 5.92. The van der Waals surface area contributed by atoms with Crippen LogP contribution in [0.1, 0.15) is 35.5 Å². The van der Waals surface area contributed by atoms with E-state index in [0.29, 0.717) is 23.4 Å². The van der Waals surface area contributed by atoms with Gasteiger partial charge in [-0.2, -0.15) is 0 Å². The van der Waals surface area contributed by atoms with E-state index in [-0.39, 0.29) is 24.6 Å². The summed E-state index contributed by atoms with van der Waals surface area (Å²) in [4.78, 5) is 35.5. The van der Waals surface area contributed by atoms with Gasteiger partial charge in [0.25, 0.3) is 5.56 Å². The Morgan fingerprint density at radius 1 is 1.30 bits per heavy atom. The van der Waals surface area contributed by atoms with E-state index in [1.807, 2.05) is 0 Å². The fraction of sp³-hybridized carbons (Fsp3) is 0.500. The van der Waals surface area contributed by atoms with Crippen LogP contribution in [0.2, 0.25) is 0 Å². The first-order valence-electron chi connectivity index (χ1n) is 6.57. The second-order valence-corrected chi connectivity index (χ2v) is 4.39. The number of hydrogen-bond acceptors (Lipinski definition) is 4. The zero-order valence-corrected chi connectivity index (χ0v) is 12.3. The largest absolute Gasteiger partial charge is 0.462 e. The Hall–Kier alpha value is -2.11. The lowest BCUT2D eigenvalue weighted by Gasteiger charge is -2.15. The minimum Gasteiger partial charge on any atom is -0.462 e. The summed E-state index contributed by atoms with van der Waals surface area (Å²) >= 11 is 0. The summed E-state index contributed by atoms with van der Waals surface area (Å²) < 4.78 is 6.26. The maximum Gasteiger partial charge on any atom is 0.340 e. The number of nitrogens with zero attached hydrogens (tertiary/aromatic N) is 1. The van der Waals surface area contributed by atoms with Crippen LogP contribution in [0.5, 0.6) is 0 Å². The standard InChI is InChI=1S/C14H20N2O4/c1-5-15-11(17)8-16-10(4)13(14(19)20-6-2)9(3)7-12(16)18/h7H,5-6,8H2,1-4H3,(H,15,17). The predicted octanol–water partition coefficient (Wildman–Crippen LogP) is 0.778. The van der Waals surface area contributed by atoms with Gasteiger partial charge in [-0.1, -0.05) is 0 Å². The van der Waals surface area contributed by atoms with Crippen molar-refractivity contribution in [1.29, 1.82) is 0 Å². The maximum atomic E-state index is 12.0. The molecule has 0 spiro atoms. The Balaban J connectivity index is 3.25. The SMILES string of the molecule is CCNC(=O)Cn1c(C)c(C(=O)OCC)c(C)cc1=O. The van der Waals surface area contributed by atoms with Crippen LogP contribution < -0.4 is 10.9 Å². The van der Waals surface area contributed by atoms with Gasteiger partial charge in [-0.25, -0.2) is 4.79 Å². The molecule has 0 unspecified atom stereocenters. The van der Waals surface area contributed by atoms with E-state index in [4.69, 9.17) is 4.74 Å². The molecule has 0 aromatic carbocycles. The topological polar surface area (TPSA) is 77.4 Å². The molecule has 20 heavy (non-hydrogen) atoms. The molecule has 6 heteroatoms. The van der Waals surface area contributed by atoms with E-state index in [1.54, 1.807) is 27.7 Å². The van der Waals surface area contributed by atoms with Crippen molar-refractivity contribution in [3.8, 4) is 0 Å². The first kappa shape index (κ1) is 15.9. The van der Waals surface area contributed by atoms with Gasteiger partial charge in [-0.05, 0) is 33.3 Å². The summed E-state index contributed by atoms with van der Waals surface area (Å²) in [5, 5.41) is 2.62. The maximum absolute atomic E-state index is 12.0. The average molecular weight is 280 g/mol. The number of hydrogen-bond donors (Lipinski definition) is 1. The molecule has 0 saturated heterocycles. The van der Waals surface area contributed by atoms with Gasteiger partial charge in [0.2, 0.25) is 5.91 Å². The lowest BCUT2D eigenvalue weighted by atomic mass is 10.1. The second-order valence-electron chi connectivity index (χ2n) is 4.39. The van der Waals surface area contributed by atoms with E-state index >= 15 is 0 Å². The molecular formula is C14H20N2O4. The van der Waals surface area contributed by atoms with E-state index in [0.717, 1.165) is 0 Å². The fourth-order valence-corrected chi connectivity index (χ4v) is 2.03. The Labute approximate surface area is 117 Å². The molecule has 0 fully saturated rings. The molecule has 1 amide bonds. The third-order valence-corrected chi connectivity index (χ3v) is 2.92. The molecule has 0 saturated carbocycles. The van der Waals surface area contributed by atoms with E-state index < -0.39 is 5.97 Å². The molecule has 6 nitrogen and oxygen atoms in total. The fourth-order valence-electron chi connectivity index (χ4n) is 2.03. The summed E-state index contributed by atoms with van der Waals surface area (Å²) in [6.07, 6.45) is 0. The first-order chi connectivity index (χ1) is 9.42. The van der Waals surface area contributed by atoms with Crippen molar-refractivity contribution in [3.05, 3.63) is 33.2 Å². The third kappa shape index (κ3) is 3.46. The van der Waals surface area contributed by atoms with Crippen LogP contribution in [0.3, 0.4) is 0 Å². The van der Waals surface area contributed by atoms with Crippen molar-refractivity contribution in [3.63, 3.8) is 0 Å². The van der Waals surface area contributed by atoms with Gasteiger partial charge in [0.1, 0.15) is 6.54 Å². The van der Waals surface area contributed by atoms with Crippen molar-refractivity contribution < 1.29 is 14.3 Å². The molecule has 0 aliphatic heterocycles. The van der Waals surface area contributed by atoms with Gasteiger partial charge < -0.3 is 14.6 Å². The first-order valence-corrected chi connectivity index (χ1v) is 6.57. The third-order valence-electron chi connectivity index (χ3n) is 2.92. The molecule has 0 aliphatic rings. The minimum atomic E-state index is -0.479. The number of carbonyl (C=O) groups is 2. The molecule has 0 atom stereocenters. The number of rotatable bonds is 5. The van der Waals surface area contributed by atoms with Crippen molar-refractivity contribution in [2.45, 2.75) is 34.2 Å². The molecule has 1 N–H and O–H groups in total. The molecule has 1 rings (SSSR count). The molecule has 0 radical (unpaired) electrons. The normalized spacial score (nSPS) is 10.2. The lowest BCUT2D eigenvalue weighted by molar-refractivity contribution is -0.121. The number of amides is 1. The van der Waals surface area contributed by atoms with Crippen LogP contribution >= 0.6 is 0 Å². The number of pyridine rings is 1. The molecule has 1 heterocycles. The van der Waals surface area contributed by atoms with Gasteiger partial charge in [0, 0.05) is 18.3 Å². The van der Waals surface area contributed by atoms with Gasteiger partial charge in [0.05, 0.1) is 12.2 Å². The second kappa shape index (κ2) is 6.88. The summed E-state index contributed by atoms with van der Waals surface area (Å²) in [6.45, 7) is 7.47. The number of carbonyl (C=O) groups excluding carboxylic acids is 2. The Kier molecular flexibility index (Phi) is 5.49. The molecule has 1 aromatic heterocycles. The number of likely N-dealkylation sites (N-methyl/N-ethyl adjacent to an activating group) is 1. The van der Waals surface area contributed by atoms with E-state index in [1.165, 1.54) is 10.6 Å². The lowest BCUT2D eigenvalue weighted by Crippen LogP contribution is -2.34. The van der Waals surface area contributed by atoms with Gasteiger partial charge in [0.15, 0.2) is 0 Å². The Bertz CT molecular complexity index is 575. The number of nitrogens with one attached hydrogen (secondary N) is 1. The highest BCUT2D eigenvalue weighted by Crippen LogP contribution is 2.12. The van der Waals surface area contributed by atoms with Gasteiger partial charge >= 0.3 is 5.97 Å². The molecule has 110 valence electrons. The highest BCUT2D eigenvalue weighted by atomic mass is 16.5. The predicted molar refractivity (Wildman–Crippen MR) is 74.8 cm³/mol. The monoisotopic (exact) mass is 280 g/mol. The van der Waals surface area contributed by atoms with Gasteiger partial charge in [-0.15, -0.1) is 0 Å². The van der Waals surface area contributed by atoms with Crippen molar-refractivity contribution in [1.82, 2.24) is 9.88 Å². The van der Waals surface area contributed by atoms with Gasteiger partial charge in [-0.3, -0.25) is 9.59 Å². The quantitative estimate of drug-likeness (QED) is 0.808. The van der Waals surface area contributed by atoms with Crippen molar-refractivity contribution in [2.75, 3.05) is 13.2 Å². The molecule has 0 bridgehead atoms. The van der Waals surface area contributed by atoms with Crippen LogP contribution in [0.15, 0.2) is 10.9 Å². The Morgan fingerprint density at radius 2 is 1.95 bits per heavy atom. The molecular weight excluding hydrogens is 260 g/mol. The average Bonchev–Trinajstić information content (AvgIpc) is 2.35. The van der Waals surface area contributed by atoms with Crippen molar-refractivity contribution in [2.24, 2.45) is 0 Å². The van der Waals surface area contributed by atoms with Crippen LogP contribution in [0.25, 0.3) is 0 Å². The number of aryl methyl sites for hydroxylation is 1. The van der Waals surface area contributed by atoms with E-state index in [2.05, 4.69) is 5.32 Å². The minimum absolute atomic E-state index is 0.106. The number of aromatic nitrogens is 1. The summed E-state index contributed by atoms with van der Waals surface area (Å²) in [5.74, 6) is -0.747. The summed E-state index contributed by atoms with van der Waals surface area (Å²) in [6, 6.07) is 1.35. The molecule has 0 aliphatic carbocycles. The smallest absolute Gasteiger partial charge is 0.340 e. The van der Waals surface area contributed by atoms with Crippen LogP contribution in [0, 0.1) is 13.8 Å². The molecule has 1 aromatic rings. The van der Waals surface area contributed by atoms with Crippen LogP contribution in [-0.2, 0) is 16.1 Å². The van der Waals surface area contributed by atoms with Crippen LogP contribution in [-0.4, -0.2) is 29.6 Å².